The van der Waals surface area contributed by atoms with Gasteiger partial charge in [0, 0.05) is 29.5 Å². The molecule has 0 aliphatic carbocycles. The molecule has 0 radical (unpaired) electrons. The summed E-state index contributed by atoms with van der Waals surface area (Å²) in [5.41, 5.74) is 1.02. The summed E-state index contributed by atoms with van der Waals surface area (Å²) in [5.74, 6) is 1.11. The Kier molecular flexibility index (Phi) is 4.14. The van der Waals surface area contributed by atoms with Crippen molar-refractivity contribution in [1.82, 2.24) is 24.5 Å². The van der Waals surface area contributed by atoms with Crippen LogP contribution in [-0.2, 0) is 0 Å². The zero-order chi connectivity index (χ0) is 18.1. The molecule has 0 spiro atoms. The van der Waals surface area contributed by atoms with E-state index < -0.39 is 0 Å². The smallest absolute Gasteiger partial charge is 0.253 e. The molecule has 0 fully saturated rings. The number of benzene rings is 1. The van der Waals surface area contributed by atoms with Crippen molar-refractivity contribution in [2.45, 2.75) is 13.0 Å². The van der Waals surface area contributed by atoms with Crippen LogP contribution in [0.5, 0.6) is 0 Å². The van der Waals surface area contributed by atoms with Gasteiger partial charge in [-0.3, -0.25) is 9.36 Å². The van der Waals surface area contributed by atoms with Crippen LogP contribution in [0.15, 0.2) is 60.0 Å². The van der Waals surface area contributed by atoms with Crippen molar-refractivity contribution in [2.24, 2.45) is 0 Å². The van der Waals surface area contributed by atoms with Crippen LogP contribution in [0.4, 0.5) is 5.95 Å². The SMILES string of the molecule is C[C@H](Nc1nccc(-n2ccnc2)n1)c1cc2cccc(Cl)c2[nH]c1=O. The van der Waals surface area contributed by atoms with Gasteiger partial charge in [-0.25, -0.2) is 9.97 Å². The van der Waals surface area contributed by atoms with Crippen LogP contribution in [0.1, 0.15) is 18.5 Å². The fourth-order valence-corrected chi connectivity index (χ4v) is 2.99. The molecule has 0 amide bonds. The molecule has 0 unspecified atom stereocenters. The van der Waals surface area contributed by atoms with Crippen molar-refractivity contribution < 1.29 is 0 Å². The number of anilines is 1. The van der Waals surface area contributed by atoms with Crippen molar-refractivity contribution >= 4 is 28.5 Å². The molecular weight excluding hydrogens is 352 g/mol. The molecule has 8 heteroatoms. The van der Waals surface area contributed by atoms with Crippen LogP contribution in [0.3, 0.4) is 0 Å². The Balaban J connectivity index is 1.66. The number of nitrogens with zero attached hydrogens (tertiary/aromatic N) is 4. The molecule has 130 valence electrons. The lowest BCUT2D eigenvalue weighted by molar-refractivity contribution is 0.838. The number of halogens is 1. The highest BCUT2D eigenvalue weighted by Crippen LogP contribution is 2.23. The number of fused-ring (bicyclic) bond motifs is 1. The monoisotopic (exact) mass is 366 g/mol. The number of H-pyrrole nitrogens is 1. The van der Waals surface area contributed by atoms with Crippen molar-refractivity contribution in [2.75, 3.05) is 5.32 Å². The second-order valence-electron chi connectivity index (χ2n) is 5.83. The number of imidazole rings is 1. The summed E-state index contributed by atoms with van der Waals surface area (Å²) in [7, 11) is 0. The molecular formula is C18H15ClN6O. The van der Waals surface area contributed by atoms with Gasteiger partial charge in [-0.15, -0.1) is 0 Å². The average molecular weight is 367 g/mol. The summed E-state index contributed by atoms with van der Waals surface area (Å²) < 4.78 is 1.78. The number of hydrogen-bond donors (Lipinski definition) is 2. The van der Waals surface area contributed by atoms with Gasteiger partial charge in [0.15, 0.2) is 0 Å². The number of hydrogen-bond acceptors (Lipinski definition) is 5. The van der Waals surface area contributed by atoms with Crippen LogP contribution in [-0.4, -0.2) is 24.5 Å². The molecule has 0 aliphatic heterocycles. The highest BCUT2D eigenvalue weighted by Gasteiger charge is 2.13. The van der Waals surface area contributed by atoms with E-state index in [-0.39, 0.29) is 11.6 Å². The summed E-state index contributed by atoms with van der Waals surface area (Å²) in [4.78, 5) is 28.0. The molecule has 0 saturated heterocycles. The van der Waals surface area contributed by atoms with Crippen molar-refractivity contribution in [3.05, 3.63) is 76.2 Å². The van der Waals surface area contributed by atoms with Crippen LogP contribution in [0.2, 0.25) is 5.02 Å². The largest absolute Gasteiger partial charge is 0.347 e. The van der Waals surface area contributed by atoms with Crippen molar-refractivity contribution in [1.29, 1.82) is 0 Å². The highest BCUT2D eigenvalue weighted by molar-refractivity contribution is 6.35. The molecule has 7 nitrogen and oxygen atoms in total. The lowest BCUT2D eigenvalue weighted by Gasteiger charge is -2.15. The van der Waals surface area contributed by atoms with E-state index in [2.05, 4.69) is 25.3 Å². The second-order valence-corrected chi connectivity index (χ2v) is 6.24. The van der Waals surface area contributed by atoms with E-state index in [9.17, 15) is 4.79 Å². The Labute approximate surface area is 153 Å². The van der Waals surface area contributed by atoms with Crippen molar-refractivity contribution in [3.63, 3.8) is 0 Å². The van der Waals surface area contributed by atoms with Gasteiger partial charge in [-0.05, 0) is 25.1 Å². The molecule has 1 aromatic carbocycles. The lowest BCUT2D eigenvalue weighted by Crippen LogP contribution is -2.20. The van der Waals surface area contributed by atoms with E-state index in [0.717, 1.165) is 5.39 Å². The molecule has 3 heterocycles. The van der Waals surface area contributed by atoms with E-state index >= 15 is 0 Å². The Hall–Kier alpha value is -3.19. The zero-order valence-corrected chi connectivity index (χ0v) is 14.6. The van der Waals surface area contributed by atoms with Gasteiger partial charge >= 0.3 is 0 Å². The number of para-hydroxylation sites is 1. The third-order valence-electron chi connectivity index (χ3n) is 4.08. The Bertz CT molecular complexity index is 1120. The van der Waals surface area contributed by atoms with Gasteiger partial charge in [0.2, 0.25) is 5.95 Å². The summed E-state index contributed by atoms with van der Waals surface area (Å²) in [6, 6.07) is 8.82. The van der Waals surface area contributed by atoms with Gasteiger partial charge in [-0.1, -0.05) is 23.7 Å². The number of nitrogens with one attached hydrogen (secondary N) is 2. The summed E-state index contributed by atoms with van der Waals surface area (Å²) >= 11 is 6.14. The minimum Gasteiger partial charge on any atom is -0.347 e. The van der Waals surface area contributed by atoms with E-state index in [4.69, 9.17) is 11.6 Å². The fourth-order valence-electron chi connectivity index (χ4n) is 2.76. The van der Waals surface area contributed by atoms with Gasteiger partial charge in [0.25, 0.3) is 5.56 Å². The first-order chi connectivity index (χ1) is 12.6. The van der Waals surface area contributed by atoms with E-state index in [1.54, 1.807) is 41.6 Å². The molecule has 2 N–H and O–H groups in total. The molecule has 0 bridgehead atoms. The first kappa shape index (κ1) is 16.3. The minimum atomic E-state index is -0.292. The Morgan fingerprint density at radius 3 is 2.96 bits per heavy atom. The molecule has 0 saturated carbocycles. The van der Waals surface area contributed by atoms with Gasteiger partial charge < -0.3 is 10.3 Å². The lowest BCUT2D eigenvalue weighted by atomic mass is 10.1. The molecule has 4 rings (SSSR count). The average Bonchev–Trinajstić information content (AvgIpc) is 3.17. The molecule has 1 atom stereocenters. The van der Waals surface area contributed by atoms with Gasteiger partial charge in [-0.2, -0.15) is 4.98 Å². The fraction of sp³-hybridized carbons (Fsp3) is 0.111. The van der Waals surface area contributed by atoms with Gasteiger partial charge in [0.05, 0.1) is 16.6 Å². The van der Waals surface area contributed by atoms with E-state index in [0.29, 0.717) is 27.9 Å². The Morgan fingerprint density at radius 1 is 1.27 bits per heavy atom. The van der Waals surface area contributed by atoms with E-state index in [1.165, 1.54) is 0 Å². The third-order valence-corrected chi connectivity index (χ3v) is 4.39. The molecule has 26 heavy (non-hydrogen) atoms. The highest BCUT2D eigenvalue weighted by atomic mass is 35.5. The van der Waals surface area contributed by atoms with Crippen molar-refractivity contribution in [3.8, 4) is 5.82 Å². The standard InChI is InChI=1S/C18H15ClN6O/c1-11(13-9-12-3-2-4-14(19)16(12)24-17(13)26)22-18-21-6-5-15(23-18)25-8-7-20-10-25/h2-11H,1H3,(H,24,26)(H,21,22,23)/t11-/m0/s1. The van der Waals surface area contributed by atoms with Crippen LogP contribution in [0.25, 0.3) is 16.7 Å². The maximum Gasteiger partial charge on any atom is 0.253 e. The first-order valence-corrected chi connectivity index (χ1v) is 8.39. The van der Waals surface area contributed by atoms with Gasteiger partial charge in [0.1, 0.15) is 12.1 Å². The molecule has 0 aliphatic rings. The molecule has 4 aromatic rings. The normalized spacial score (nSPS) is 12.2. The quantitative estimate of drug-likeness (QED) is 0.578. The van der Waals surface area contributed by atoms with Crippen LogP contribution < -0.4 is 10.9 Å². The number of aromatic amines is 1. The maximum absolute atomic E-state index is 12.5. The number of aromatic nitrogens is 5. The predicted octanol–water partition coefficient (Wildman–Crippen LogP) is 3.33. The summed E-state index contributed by atoms with van der Waals surface area (Å²) in [6.07, 6.45) is 6.79. The minimum absolute atomic E-state index is 0.198. The topological polar surface area (TPSA) is 88.5 Å². The van der Waals surface area contributed by atoms with Crippen LogP contribution >= 0.6 is 11.6 Å². The molecule has 3 aromatic heterocycles. The maximum atomic E-state index is 12.5. The zero-order valence-electron chi connectivity index (χ0n) is 13.8. The summed E-state index contributed by atoms with van der Waals surface area (Å²) in [5, 5.41) is 4.56. The third kappa shape index (κ3) is 3.04. The number of rotatable bonds is 4. The summed E-state index contributed by atoms with van der Waals surface area (Å²) in [6.45, 7) is 1.88. The predicted molar refractivity (Wildman–Crippen MR) is 101 cm³/mol. The Morgan fingerprint density at radius 2 is 2.15 bits per heavy atom. The van der Waals surface area contributed by atoms with E-state index in [1.807, 2.05) is 25.1 Å². The van der Waals surface area contributed by atoms with Crippen LogP contribution in [0, 0.1) is 0 Å². The second kappa shape index (κ2) is 6.61. The number of pyridine rings is 1. The first-order valence-electron chi connectivity index (χ1n) is 8.01.